The maximum atomic E-state index is 13.1. The van der Waals surface area contributed by atoms with Gasteiger partial charge in [0.05, 0.1) is 0 Å². The summed E-state index contributed by atoms with van der Waals surface area (Å²) in [4.78, 5) is 16.0. The standard InChI is InChI=1S/C24H25NO3S/c1-16-7-3-5-9-18(16)13-25-14-19-11-12-29-23(19)22(26)21(25)24(27)28-15-20-10-6-4-8-17(20)2/h3-12,21-22,26H,13-15H2,1-2H3. The lowest BCUT2D eigenvalue weighted by Crippen LogP contribution is -2.48. The van der Waals surface area contributed by atoms with E-state index in [1.54, 1.807) is 0 Å². The van der Waals surface area contributed by atoms with Crippen molar-refractivity contribution in [2.24, 2.45) is 0 Å². The first-order valence-electron chi connectivity index (χ1n) is 9.78. The maximum absolute atomic E-state index is 13.1. The average Bonchev–Trinajstić information content (AvgIpc) is 3.18. The molecule has 2 aromatic carbocycles. The number of aliphatic hydroxyl groups is 1. The molecule has 150 valence electrons. The van der Waals surface area contributed by atoms with E-state index in [-0.39, 0.29) is 12.6 Å². The second kappa shape index (κ2) is 8.49. The first kappa shape index (κ1) is 19.8. The van der Waals surface area contributed by atoms with Gasteiger partial charge in [0.25, 0.3) is 0 Å². The quantitative estimate of drug-likeness (QED) is 0.632. The van der Waals surface area contributed by atoms with Crippen molar-refractivity contribution in [3.05, 3.63) is 92.7 Å². The Bertz CT molecular complexity index is 1010. The van der Waals surface area contributed by atoms with Crippen LogP contribution in [-0.2, 0) is 29.2 Å². The number of rotatable bonds is 5. The van der Waals surface area contributed by atoms with E-state index in [9.17, 15) is 9.90 Å². The van der Waals surface area contributed by atoms with Gasteiger partial charge in [0.1, 0.15) is 18.8 Å². The normalized spacial score (nSPS) is 19.0. The van der Waals surface area contributed by atoms with E-state index in [2.05, 4.69) is 19.1 Å². The van der Waals surface area contributed by atoms with Crippen molar-refractivity contribution in [3.8, 4) is 0 Å². The Morgan fingerprint density at radius 2 is 1.72 bits per heavy atom. The number of carbonyl (C=O) groups is 1. The lowest BCUT2D eigenvalue weighted by Gasteiger charge is -2.37. The Kier molecular flexibility index (Phi) is 5.81. The summed E-state index contributed by atoms with van der Waals surface area (Å²) in [6.07, 6.45) is -0.882. The van der Waals surface area contributed by atoms with Crippen LogP contribution in [0, 0.1) is 13.8 Å². The molecule has 1 N–H and O–H groups in total. The van der Waals surface area contributed by atoms with E-state index in [4.69, 9.17) is 4.74 Å². The van der Waals surface area contributed by atoms with Gasteiger partial charge in [0.15, 0.2) is 0 Å². The van der Waals surface area contributed by atoms with E-state index < -0.39 is 12.1 Å². The molecule has 0 spiro atoms. The van der Waals surface area contributed by atoms with Gasteiger partial charge in [0, 0.05) is 18.0 Å². The van der Waals surface area contributed by atoms with Crippen LogP contribution in [0.3, 0.4) is 0 Å². The smallest absolute Gasteiger partial charge is 0.326 e. The molecule has 29 heavy (non-hydrogen) atoms. The number of hydrogen-bond acceptors (Lipinski definition) is 5. The third-order valence-electron chi connectivity index (χ3n) is 5.62. The maximum Gasteiger partial charge on any atom is 0.326 e. The summed E-state index contributed by atoms with van der Waals surface area (Å²) >= 11 is 1.50. The van der Waals surface area contributed by atoms with Gasteiger partial charge in [-0.1, -0.05) is 48.5 Å². The minimum atomic E-state index is -0.882. The van der Waals surface area contributed by atoms with Gasteiger partial charge in [-0.15, -0.1) is 11.3 Å². The summed E-state index contributed by atoms with van der Waals surface area (Å²) in [6.45, 7) is 5.49. The molecule has 4 rings (SSSR count). The lowest BCUT2D eigenvalue weighted by atomic mass is 9.97. The Morgan fingerprint density at radius 1 is 1.07 bits per heavy atom. The van der Waals surface area contributed by atoms with Crippen LogP contribution in [0.2, 0.25) is 0 Å². The van der Waals surface area contributed by atoms with Crippen LogP contribution in [0.15, 0.2) is 60.0 Å². The van der Waals surface area contributed by atoms with E-state index in [0.29, 0.717) is 13.1 Å². The van der Waals surface area contributed by atoms with Crippen molar-refractivity contribution in [3.63, 3.8) is 0 Å². The van der Waals surface area contributed by atoms with Crippen LogP contribution < -0.4 is 0 Å². The first-order valence-corrected chi connectivity index (χ1v) is 10.7. The number of benzene rings is 2. The number of aliphatic hydroxyl groups excluding tert-OH is 1. The molecule has 0 saturated carbocycles. The number of ether oxygens (including phenoxy) is 1. The molecule has 5 heteroatoms. The molecular weight excluding hydrogens is 382 g/mol. The van der Waals surface area contributed by atoms with Gasteiger partial charge in [-0.25, -0.2) is 0 Å². The molecule has 1 aromatic heterocycles. The predicted octanol–water partition coefficient (Wildman–Crippen LogP) is 4.53. The van der Waals surface area contributed by atoms with Gasteiger partial charge in [-0.05, 0) is 53.1 Å². The van der Waals surface area contributed by atoms with Gasteiger partial charge >= 0.3 is 5.97 Å². The topological polar surface area (TPSA) is 49.8 Å². The van der Waals surface area contributed by atoms with Crippen molar-refractivity contribution in [1.29, 1.82) is 0 Å². The van der Waals surface area contributed by atoms with Crippen LogP contribution in [0.1, 0.15) is 38.8 Å². The minimum absolute atomic E-state index is 0.213. The summed E-state index contributed by atoms with van der Waals surface area (Å²) in [7, 11) is 0. The second-order valence-corrected chi connectivity index (χ2v) is 8.51. The number of thiophene rings is 1. The molecule has 0 aliphatic carbocycles. The summed E-state index contributed by atoms with van der Waals surface area (Å²) in [6, 6.07) is 17.3. The fourth-order valence-electron chi connectivity index (χ4n) is 3.84. The SMILES string of the molecule is Cc1ccccc1COC(=O)C1C(O)c2sccc2CN1Cc1ccccc1C. The first-order chi connectivity index (χ1) is 14.0. The average molecular weight is 408 g/mol. The molecule has 0 amide bonds. The van der Waals surface area contributed by atoms with Crippen molar-refractivity contribution >= 4 is 17.3 Å². The lowest BCUT2D eigenvalue weighted by molar-refractivity contribution is -0.158. The number of nitrogens with zero attached hydrogens (tertiary/aromatic N) is 1. The Balaban J connectivity index is 1.57. The monoisotopic (exact) mass is 407 g/mol. The molecule has 0 saturated heterocycles. The van der Waals surface area contributed by atoms with Crippen LogP contribution >= 0.6 is 11.3 Å². The van der Waals surface area contributed by atoms with Gasteiger partial charge < -0.3 is 9.84 Å². The van der Waals surface area contributed by atoms with Crippen LogP contribution in [0.25, 0.3) is 0 Å². The van der Waals surface area contributed by atoms with E-state index in [1.807, 2.05) is 59.7 Å². The predicted molar refractivity (Wildman–Crippen MR) is 114 cm³/mol. The highest BCUT2D eigenvalue weighted by atomic mass is 32.1. The molecule has 1 aliphatic heterocycles. The van der Waals surface area contributed by atoms with Crippen LogP contribution in [0.5, 0.6) is 0 Å². The van der Waals surface area contributed by atoms with Crippen LogP contribution in [0.4, 0.5) is 0 Å². The second-order valence-electron chi connectivity index (χ2n) is 7.57. The third kappa shape index (κ3) is 4.13. The molecule has 2 atom stereocenters. The molecule has 3 aromatic rings. The number of carbonyl (C=O) groups excluding carboxylic acids is 1. The van der Waals surface area contributed by atoms with Crippen molar-refractivity contribution < 1.29 is 14.6 Å². The number of fused-ring (bicyclic) bond motifs is 1. The third-order valence-corrected chi connectivity index (χ3v) is 6.65. The number of hydrogen-bond donors (Lipinski definition) is 1. The molecule has 4 nitrogen and oxygen atoms in total. The molecule has 1 aliphatic rings. The highest BCUT2D eigenvalue weighted by Crippen LogP contribution is 2.37. The van der Waals surface area contributed by atoms with E-state index in [0.717, 1.165) is 27.1 Å². The zero-order chi connectivity index (χ0) is 20.4. The van der Waals surface area contributed by atoms with Gasteiger partial charge in [-0.2, -0.15) is 0 Å². The highest BCUT2D eigenvalue weighted by molar-refractivity contribution is 7.10. The van der Waals surface area contributed by atoms with Crippen molar-refractivity contribution in [1.82, 2.24) is 4.90 Å². The summed E-state index contributed by atoms with van der Waals surface area (Å²) in [5.74, 6) is -0.381. The zero-order valence-electron chi connectivity index (χ0n) is 16.7. The van der Waals surface area contributed by atoms with Crippen molar-refractivity contribution in [2.75, 3.05) is 0 Å². The Morgan fingerprint density at radius 3 is 2.41 bits per heavy atom. The fraction of sp³-hybridized carbons (Fsp3) is 0.292. The molecule has 2 unspecified atom stereocenters. The Labute approximate surface area is 175 Å². The number of aryl methyl sites for hydroxylation is 2. The van der Waals surface area contributed by atoms with E-state index in [1.165, 1.54) is 16.9 Å². The molecule has 0 fully saturated rings. The van der Waals surface area contributed by atoms with Crippen molar-refractivity contribution in [2.45, 2.75) is 45.7 Å². The van der Waals surface area contributed by atoms with Gasteiger partial charge in [0.2, 0.25) is 0 Å². The molecule has 2 heterocycles. The van der Waals surface area contributed by atoms with Gasteiger partial charge in [-0.3, -0.25) is 9.69 Å². The molecule has 0 bridgehead atoms. The molecular formula is C24H25NO3S. The zero-order valence-corrected chi connectivity index (χ0v) is 17.5. The number of esters is 1. The summed E-state index contributed by atoms with van der Waals surface area (Å²) < 4.78 is 5.67. The van der Waals surface area contributed by atoms with Crippen LogP contribution in [-0.4, -0.2) is 22.0 Å². The Hall–Kier alpha value is -2.47. The summed E-state index contributed by atoms with van der Waals surface area (Å²) in [5, 5.41) is 13.0. The largest absolute Gasteiger partial charge is 0.460 e. The van der Waals surface area contributed by atoms with E-state index >= 15 is 0 Å². The molecule has 0 radical (unpaired) electrons. The highest BCUT2D eigenvalue weighted by Gasteiger charge is 2.40. The summed E-state index contributed by atoms with van der Waals surface area (Å²) in [5.41, 5.74) is 5.47. The minimum Gasteiger partial charge on any atom is -0.460 e. The fourth-order valence-corrected chi connectivity index (χ4v) is 4.77.